The van der Waals surface area contributed by atoms with Gasteiger partial charge in [-0.2, -0.15) is 18.3 Å². The van der Waals surface area contributed by atoms with Crippen molar-refractivity contribution in [3.05, 3.63) is 24.2 Å². The zero-order valence-corrected chi connectivity index (χ0v) is 9.19. The first-order valence-electron chi connectivity index (χ1n) is 4.92. The third kappa shape index (κ3) is 2.32. The van der Waals surface area contributed by atoms with Crippen molar-refractivity contribution in [1.29, 1.82) is 0 Å². The van der Waals surface area contributed by atoms with Gasteiger partial charge in [-0.05, 0) is 19.9 Å². The number of ether oxygens (including phenoxy) is 1. The van der Waals surface area contributed by atoms with E-state index in [1.54, 1.807) is 19.2 Å². The molecule has 0 saturated carbocycles. The second-order valence-electron chi connectivity index (χ2n) is 3.65. The molecule has 1 unspecified atom stereocenters. The van der Waals surface area contributed by atoms with Crippen LogP contribution < -0.4 is 4.74 Å². The highest BCUT2D eigenvalue weighted by Gasteiger charge is 2.38. The van der Waals surface area contributed by atoms with Crippen LogP contribution in [0, 0.1) is 6.92 Å². The Morgan fingerprint density at radius 2 is 2.12 bits per heavy atom. The summed E-state index contributed by atoms with van der Waals surface area (Å²) < 4.78 is 43.3. The molecular weight excluding hydrogens is 235 g/mol. The van der Waals surface area contributed by atoms with Crippen LogP contribution in [0.1, 0.15) is 12.6 Å². The third-order valence-corrected chi connectivity index (χ3v) is 2.23. The van der Waals surface area contributed by atoms with Crippen LogP contribution in [-0.4, -0.2) is 26.9 Å². The van der Waals surface area contributed by atoms with Gasteiger partial charge >= 0.3 is 6.18 Å². The van der Waals surface area contributed by atoms with E-state index in [1.165, 1.54) is 10.7 Å². The van der Waals surface area contributed by atoms with E-state index >= 15 is 0 Å². The van der Waals surface area contributed by atoms with Gasteiger partial charge < -0.3 is 4.74 Å². The lowest BCUT2D eigenvalue weighted by molar-refractivity contribution is -0.189. The molecule has 0 aliphatic heterocycles. The smallest absolute Gasteiger partial charge is 0.425 e. The predicted octanol–water partition coefficient (Wildman–Crippen LogP) is 2.37. The van der Waals surface area contributed by atoms with Crippen molar-refractivity contribution < 1.29 is 17.9 Å². The van der Waals surface area contributed by atoms with Gasteiger partial charge in [-0.1, -0.05) is 0 Å². The van der Waals surface area contributed by atoms with Crippen LogP contribution in [-0.2, 0) is 0 Å². The van der Waals surface area contributed by atoms with Crippen molar-refractivity contribution in [2.75, 3.05) is 0 Å². The SMILES string of the molecule is Cc1cc2c(OC(C)C(F)(F)F)nccn2n1. The molecule has 2 aromatic rings. The van der Waals surface area contributed by atoms with Crippen LogP contribution in [0.2, 0.25) is 0 Å². The summed E-state index contributed by atoms with van der Waals surface area (Å²) in [5.41, 5.74) is 1.10. The molecule has 0 saturated heterocycles. The first-order valence-corrected chi connectivity index (χ1v) is 4.92. The van der Waals surface area contributed by atoms with Crippen LogP contribution in [0.25, 0.3) is 5.52 Å². The number of aromatic nitrogens is 3. The Bertz CT molecular complexity index is 535. The maximum atomic E-state index is 12.4. The third-order valence-electron chi connectivity index (χ3n) is 2.23. The Kier molecular flexibility index (Phi) is 2.68. The summed E-state index contributed by atoms with van der Waals surface area (Å²) in [5, 5.41) is 4.06. The summed E-state index contributed by atoms with van der Waals surface area (Å²) in [7, 11) is 0. The minimum Gasteiger partial charge on any atom is -0.463 e. The number of alkyl halides is 3. The van der Waals surface area contributed by atoms with Gasteiger partial charge in [0.25, 0.3) is 0 Å². The van der Waals surface area contributed by atoms with Crippen molar-refractivity contribution in [2.24, 2.45) is 0 Å². The van der Waals surface area contributed by atoms with Gasteiger partial charge in [-0.15, -0.1) is 0 Å². The lowest BCUT2D eigenvalue weighted by Crippen LogP contribution is -2.31. The second kappa shape index (κ2) is 3.90. The maximum absolute atomic E-state index is 12.4. The summed E-state index contributed by atoms with van der Waals surface area (Å²) in [6.07, 6.45) is -3.43. The van der Waals surface area contributed by atoms with Crippen molar-refractivity contribution >= 4 is 5.52 Å². The van der Waals surface area contributed by atoms with Crippen molar-refractivity contribution in [2.45, 2.75) is 26.1 Å². The quantitative estimate of drug-likeness (QED) is 0.815. The number of fused-ring (bicyclic) bond motifs is 1. The zero-order valence-electron chi connectivity index (χ0n) is 9.19. The molecule has 17 heavy (non-hydrogen) atoms. The number of rotatable bonds is 2. The van der Waals surface area contributed by atoms with Crippen molar-refractivity contribution in [3.63, 3.8) is 0 Å². The molecule has 0 aliphatic carbocycles. The van der Waals surface area contributed by atoms with Crippen molar-refractivity contribution in [1.82, 2.24) is 14.6 Å². The Morgan fingerprint density at radius 1 is 1.41 bits per heavy atom. The van der Waals surface area contributed by atoms with Crippen LogP contribution in [0.5, 0.6) is 5.88 Å². The number of hydrogen-bond donors (Lipinski definition) is 0. The molecule has 7 heteroatoms. The molecule has 0 spiro atoms. The van der Waals surface area contributed by atoms with Crippen LogP contribution >= 0.6 is 0 Å². The van der Waals surface area contributed by atoms with Gasteiger partial charge in [0.15, 0.2) is 6.10 Å². The van der Waals surface area contributed by atoms with Gasteiger partial charge in [0, 0.05) is 12.4 Å². The van der Waals surface area contributed by atoms with Gasteiger partial charge in [0.1, 0.15) is 5.52 Å². The lowest BCUT2D eigenvalue weighted by atomic mass is 10.4. The summed E-state index contributed by atoms with van der Waals surface area (Å²) in [6.45, 7) is 2.68. The van der Waals surface area contributed by atoms with Crippen LogP contribution in [0.15, 0.2) is 18.5 Å². The standard InChI is InChI=1S/C10H10F3N3O/c1-6-5-8-9(14-3-4-16(8)15-6)17-7(2)10(11,12)13/h3-5,7H,1-2H3. The minimum absolute atomic E-state index is 0.0714. The Balaban J connectivity index is 2.36. The number of aryl methyl sites for hydroxylation is 1. The van der Waals surface area contributed by atoms with E-state index in [0.717, 1.165) is 6.92 Å². The molecule has 2 heterocycles. The second-order valence-corrected chi connectivity index (χ2v) is 3.65. The van der Waals surface area contributed by atoms with E-state index in [9.17, 15) is 13.2 Å². The molecule has 0 aromatic carbocycles. The van der Waals surface area contributed by atoms with Gasteiger partial charge in [0.05, 0.1) is 5.69 Å². The number of hydrogen-bond acceptors (Lipinski definition) is 3. The largest absolute Gasteiger partial charge is 0.463 e. The van der Waals surface area contributed by atoms with E-state index in [1.807, 2.05) is 0 Å². The number of nitrogens with zero attached hydrogens (tertiary/aromatic N) is 3. The van der Waals surface area contributed by atoms with E-state index in [-0.39, 0.29) is 5.88 Å². The normalized spacial score (nSPS) is 13.9. The molecule has 0 N–H and O–H groups in total. The lowest BCUT2D eigenvalue weighted by Gasteiger charge is -2.16. The Morgan fingerprint density at radius 3 is 2.76 bits per heavy atom. The zero-order chi connectivity index (χ0) is 12.6. The first-order chi connectivity index (χ1) is 7.88. The van der Waals surface area contributed by atoms with Crippen LogP contribution in [0.4, 0.5) is 13.2 Å². The molecule has 0 amide bonds. The average Bonchev–Trinajstić information content (AvgIpc) is 2.58. The van der Waals surface area contributed by atoms with E-state index in [4.69, 9.17) is 4.74 Å². The van der Waals surface area contributed by atoms with Crippen LogP contribution in [0.3, 0.4) is 0 Å². The molecule has 2 aromatic heterocycles. The Hall–Kier alpha value is -1.79. The summed E-state index contributed by atoms with van der Waals surface area (Å²) in [5.74, 6) is -0.0714. The topological polar surface area (TPSA) is 39.4 Å². The Labute approximate surface area is 95.0 Å². The molecular formula is C10H10F3N3O. The monoisotopic (exact) mass is 245 g/mol. The van der Waals surface area contributed by atoms with Gasteiger partial charge in [-0.25, -0.2) is 9.50 Å². The molecule has 0 aliphatic rings. The summed E-state index contributed by atoms with van der Waals surface area (Å²) >= 11 is 0. The van der Waals surface area contributed by atoms with E-state index in [2.05, 4.69) is 10.1 Å². The summed E-state index contributed by atoms with van der Waals surface area (Å²) in [6, 6.07) is 1.62. The molecule has 4 nitrogen and oxygen atoms in total. The first kappa shape index (κ1) is 11.7. The van der Waals surface area contributed by atoms with Gasteiger partial charge in [0.2, 0.25) is 5.88 Å². The number of halogens is 3. The molecule has 1 atom stereocenters. The van der Waals surface area contributed by atoms with Gasteiger partial charge in [-0.3, -0.25) is 0 Å². The predicted molar refractivity (Wildman–Crippen MR) is 53.9 cm³/mol. The van der Waals surface area contributed by atoms with E-state index in [0.29, 0.717) is 11.2 Å². The molecule has 2 rings (SSSR count). The molecule has 0 fully saturated rings. The fraction of sp³-hybridized carbons (Fsp3) is 0.400. The summed E-state index contributed by atoms with van der Waals surface area (Å²) in [4.78, 5) is 3.79. The highest BCUT2D eigenvalue weighted by atomic mass is 19.4. The highest BCUT2D eigenvalue weighted by molar-refractivity contribution is 5.56. The molecule has 0 radical (unpaired) electrons. The molecule has 92 valence electrons. The highest BCUT2D eigenvalue weighted by Crippen LogP contribution is 2.26. The fourth-order valence-corrected chi connectivity index (χ4v) is 1.35. The maximum Gasteiger partial charge on any atom is 0.425 e. The van der Waals surface area contributed by atoms with Crippen molar-refractivity contribution in [3.8, 4) is 5.88 Å². The minimum atomic E-state index is -4.41. The van der Waals surface area contributed by atoms with E-state index < -0.39 is 12.3 Å². The molecule has 0 bridgehead atoms. The average molecular weight is 245 g/mol. The fourth-order valence-electron chi connectivity index (χ4n) is 1.35.